The van der Waals surface area contributed by atoms with Crippen LogP contribution in [-0.2, 0) is 9.59 Å². The molecule has 1 N–H and O–H groups in total. The topological polar surface area (TPSA) is 52.7 Å². The van der Waals surface area contributed by atoms with E-state index < -0.39 is 17.6 Å². The summed E-state index contributed by atoms with van der Waals surface area (Å²) >= 11 is 0. The molecule has 0 spiro atoms. The number of nitrogens with one attached hydrogen (secondary N) is 1. The number of carbonyl (C=O) groups excluding carboxylic acids is 2. The Morgan fingerprint density at radius 1 is 1.25 bits per heavy atom. The van der Waals surface area contributed by atoms with Gasteiger partial charge in [-0.25, -0.2) is 8.78 Å². The van der Waals surface area contributed by atoms with Crippen molar-refractivity contribution < 1.29 is 18.4 Å². The van der Waals surface area contributed by atoms with Crippen molar-refractivity contribution in [3.8, 4) is 0 Å². The smallest absolute Gasteiger partial charge is 0.228 e. The van der Waals surface area contributed by atoms with E-state index in [9.17, 15) is 18.4 Å². The molecule has 0 aliphatic carbocycles. The van der Waals surface area contributed by atoms with Gasteiger partial charge in [0.05, 0.1) is 5.92 Å². The molecule has 24 heavy (non-hydrogen) atoms. The Morgan fingerprint density at radius 3 is 2.62 bits per heavy atom. The van der Waals surface area contributed by atoms with Gasteiger partial charge in [0.15, 0.2) is 0 Å². The zero-order valence-electron chi connectivity index (χ0n) is 13.6. The number of hydrogen-bond donors (Lipinski definition) is 1. The van der Waals surface area contributed by atoms with Crippen LogP contribution >= 0.6 is 0 Å². The lowest BCUT2D eigenvalue weighted by molar-refractivity contribution is -0.134. The summed E-state index contributed by atoms with van der Waals surface area (Å²) in [5, 5.41) is 3.11. The molecule has 2 aliphatic heterocycles. The van der Waals surface area contributed by atoms with Gasteiger partial charge in [-0.05, 0) is 38.1 Å². The molecule has 0 radical (unpaired) electrons. The fourth-order valence-corrected chi connectivity index (χ4v) is 3.56. The van der Waals surface area contributed by atoms with Crippen molar-refractivity contribution in [2.75, 3.05) is 38.1 Å². The Hall–Kier alpha value is -2.02. The number of halogens is 2. The SMILES string of the molecule is CNC[C@@H]1CCN(C(=O)[C@@H]2CC(=O)N(c3cc(F)cc(F)c3)C2)C1. The van der Waals surface area contributed by atoms with Crippen LogP contribution in [0.5, 0.6) is 0 Å². The quantitative estimate of drug-likeness (QED) is 0.903. The molecule has 2 heterocycles. The van der Waals surface area contributed by atoms with Gasteiger partial charge in [0.2, 0.25) is 11.8 Å². The van der Waals surface area contributed by atoms with Crippen LogP contribution < -0.4 is 10.2 Å². The van der Waals surface area contributed by atoms with Crippen molar-refractivity contribution in [3.05, 3.63) is 29.8 Å². The van der Waals surface area contributed by atoms with Gasteiger partial charge in [-0.1, -0.05) is 0 Å². The van der Waals surface area contributed by atoms with Crippen molar-refractivity contribution in [2.24, 2.45) is 11.8 Å². The number of benzene rings is 1. The highest BCUT2D eigenvalue weighted by Crippen LogP contribution is 2.29. The molecule has 0 unspecified atom stereocenters. The summed E-state index contributed by atoms with van der Waals surface area (Å²) in [4.78, 5) is 27.9. The molecule has 0 aromatic heterocycles. The first-order chi connectivity index (χ1) is 11.5. The predicted octanol–water partition coefficient (Wildman–Crippen LogP) is 1.39. The fourth-order valence-electron chi connectivity index (χ4n) is 3.56. The predicted molar refractivity (Wildman–Crippen MR) is 85.4 cm³/mol. The lowest BCUT2D eigenvalue weighted by atomic mass is 10.1. The van der Waals surface area contributed by atoms with Crippen LogP contribution in [0.4, 0.5) is 14.5 Å². The van der Waals surface area contributed by atoms with Gasteiger partial charge in [-0.2, -0.15) is 0 Å². The number of hydrogen-bond acceptors (Lipinski definition) is 3. The van der Waals surface area contributed by atoms with E-state index in [0.717, 1.165) is 31.2 Å². The summed E-state index contributed by atoms with van der Waals surface area (Å²) in [6.45, 7) is 2.43. The third-order valence-corrected chi connectivity index (χ3v) is 4.72. The first-order valence-electron chi connectivity index (χ1n) is 8.17. The molecule has 2 fully saturated rings. The Bertz CT molecular complexity index is 632. The maximum atomic E-state index is 13.4. The highest BCUT2D eigenvalue weighted by Gasteiger charge is 2.39. The Balaban J connectivity index is 1.67. The minimum Gasteiger partial charge on any atom is -0.342 e. The molecule has 2 aliphatic rings. The number of nitrogens with zero attached hydrogens (tertiary/aromatic N) is 2. The van der Waals surface area contributed by atoms with Gasteiger partial charge in [-0.15, -0.1) is 0 Å². The summed E-state index contributed by atoms with van der Waals surface area (Å²) in [7, 11) is 1.89. The van der Waals surface area contributed by atoms with Gasteiger partial charge in [-0.3, -0.25) is 9.59 Å². The van der Waals surface area contributed by atoms with Crippen molar-refractivity contribution in [1.82, 2.24) is 10.2 Å². The molecular weight excluding hydrogens is 316 g/mol. The zero-order valence-corrected chi connectivity index (χ0v) is 13.6. The minimum absolute atomic E-state index is 0.0404. The highest BCUT2D eigenvalue weighted by molar-refractivity contribution is 6.00. The molecule has 7 heteroatoms. The van der Waals surface area contributed by atoms with Crippen molar-refractivity contribution in [3.63, 3.8) is 0 Å². The van der Waals surface area contributed by atoms with Crippen LogP contribution in [0.15, 0.2) is 18.2 Å². The summed E-state index contributed by atoms with van der Waals surface area (Å²) in [5.41, 5.74) is 0.169. The third kappa shape index (κ3) is 3.40. The van der Waals surface area contributed by atoms with Crippen LogP contribution in [0.1, 0.15) is 12.8 Å². The van der Waals surface area contributed by atoms with E-state index in [1.807, 2.05) is 7.05 Å². The molecule has 2 atom stereocenters. The number of amides is 2. The van der Waals surface area contributed by atoms with Crippen LogP contribution in [-0.4, -0.2) is 49.9 Å². The van der Waals surface area contributed by atoms with Crippen LogP contribution in [0.3, 0.4) is 0 Å². The van der Waals surface area contributed by atoms with Crippen molar-refractivity contribution in [1.29, 1.82) is 0 Å². The van der Waals surface area contributed by atoms with Crippen LogP contribution in [0.2, 0.25) is 0 Å². The maximum Gasteiger partial charge on any atom is 0.228 e. The number of anilines is 1. The van der Waals surface area contributed by atoms with Gasteiger partial charge in [0, 0.05) is 37.8 Å². The summed E-state index contributed by atoms with van der Waals surface area (Å²) < 4.78 is 26.7. The number of rotatable bonds is 4. The molecule has 1 aromatic carbocycles. The first kappa shape index (κ1) is 16.8. The average molecular weight is 337 g/mol. The van der Waals surface area contributed by atoms with E-state index >= 15 is 0 Å². The molecular formula is C17H21F2N3O2. The van der Waals surface area contributed by atoms with E-state index in [-0.39, 0.29) is 30.5 Å². The molecule has 3 rings (SSSR count). The molecule has 2 amide bonds. The van der Waals surface area contributed by atoms with Gasteiger partial charge in [0.1, 0.15) is 11.6 Å². The Labute approximate surface area is 139 Å². The molecule has 1 aromatic rings. The van der Waals surface area contributed by atoms with Gasteiger partial charge in [0.25, 0.3) is 0 Å². The average Bonchev–Trinajstić information content (AvgIpc) is 3.13. The second-order valence-electron chi connectivity index (χ2n) is 6.53. The maximum absolute atomic E-state index is 13.4. The zero-order chi connectivity index (χ0) is 17.3. The standard InChI is InChI=1S/C17H21F2N3O2/c1-20-8-11-2-3-21(9-11)17(24)12-4-16(23)22(10-12)15-6-13(18)5-14(19)7-15/h5-7,11-12,20H,2-4,8-10H2,1H3/t11-,12+/m0/s1. The normalized spacial score (nSPS) is 24.0. The second kappa shape index (κ2) is 6.84. The monoisotopic (exact) mass is 337 g/mol. The van der Waals surface area contributed by atoms with Crippen LogP contribution in [0, 0.1) is 23.5 Å². The highest BCUT2D eigenvalue weighted by atomic mass is 19.1. The second-order valence-corrected chi connectivity index (χ2v) is 6.53. The van der Waals surface area contributed by atoms with Gasteiger partial charge >= 0.3 is 0 Å². The van der Waals surface area contributed by atoms with E-state index in [4.69, 9.17) is 0 Å². The number of likely N-dealkylation sites (tertiary alicyclic amines) is 1. The summed E-state index contributed by atoms with van der Waals surface area (Å²) in [5.74, 6) is -1.80. The van der Waals surface area contributed by atoms with Crippen molar-refractivity contribution in [2.45, 2.75) is 12.8 Å². The molecule has 2 saturated heterocycles. The lowest BCUT2D eigenvalue weighted by Crippen LogP contribution is -2.36. The van der Waals surface area contributed by atoms with E-state index in [1.54, 1.807) is 4.90 Å². The van der Waals surface area contributed by atoms with E-state index in [1.165, 1.54) is 4.90 Å². The molecule has 130 valence electrons. The Morgan fingerprint density at radius 2 is 1.96 bits per heavy atom. The molecule has 0 bridgehead atoms. The summed E-state index contributed by atoms with van der Waals surface area (Å²) in [6.07, 6.45) is 1.04. The lowest BCUT2D eigenvalue weighted by Gasteiger charge is -2.21. The largest absolute Gasteiger partial charge is 0.342 e. The Kier molecular flexibility index (Phi) is 4.80. The van der Waals surface area contributed by atoms with Gasteiger partial charge < -0.3 is 15.1 Å². The van der Waals surface area contributed by atoms with Crippen molar-refractivity contribution >= 4 is 17.5 Å². The minimum atomic E-state index is -0.734. The first-order valence-corrected chi connectivity index (χ1v) is 8.17. The number of carbonyl (C=O) groups is 2. The summed E-state index contributed by atoms with van der Waals surface area (Å²) in [6, 6.07) is 3.00. The molecule has 0 saturated carbocycles. The third-order valence-electron chi connectivity index (χ3n) is 4.72. The molecule has 5 nitrogen and oxygen atoms in total. The fraction of sp³-hybridized carbons (Fsp3) is 0.529. The van der Waals surface area contributed by atoms with E-state index in [0.29, 0.717) is 19.0 Å². The van der Waals surface area contributed by atoms with E-state index in [2.05, 4.69) is 5.32 Å². The van der Waals surface area contributed by atoms with Crippen LogP contribution in [0.25, 0.3) is 0 Å².